The maximum Gasteiger partial charge on any atom is 0.326 e. The molecule has 1 aromatic carbocycles. The Balaban J connectivity index is 1.80. The summed E-state index contributed by atoms with van der Waals surface area (Å²) in [5.74, 6) is -0.605. The van der Waals surface area contributed by atoms with Gasteiger partial charge in [-0.2, -0.15) is 0 Å². The molecule has 1 atom stereocenters. The lowest BCUT2D eigenvalue weighted by Gasteiger charge is -2.36. The van der Waals surface area contributed by atoms with Crippen LogP contribution >= 0.6 is 0 Å². The molecule has 0 aromatic heterocycles. The molecule has 0 bridgehead atoms. The van der Waals surface area contributed by atoms with Crippen LogP contribution in [0.25, 0.3) is 0 Å². The Bertz CT molecular complexity index is 540. The maximum absolute atomic E-state index is 12.4. The molecule has 0 radical (unpaired) electrons. The Hall–Kier alpha value is -1.88. The second kappa shape index (κ2) is 5.25. The Morgan fingerprint density at radius 3 is 2.55 bits per heavy atom. The molecule has 0 aliphatic carbocycles. The monoisotopic (exact) mass is 274 g/mol. The van der Waals surface area contributed by atoms with Gasteiger partial charge in [-0.1, -0.05) is 24.3 Å². The highest BCUT2D eigenvalue weighted by Crippen LogP contribution is 2.25. The number of hydrogen-bond acceptors (Lipinski definition) is 3. The van der Waals surface area contributed by atoms with E-state index in [4.69, 9.17) is 0 Å². The number of amides is 1. The molecule has 1 fully saturated rings. The SMILES string of the molecule is O=C(O)[C@@H]1Cc2ccccc2CN1C(=O)CC1CNC1. The molecule has 2 N–H and O–H groups in total. The van der Waals surface area contributed by atoms with E-state index in [1.165, 1.54) is 4.90 Å². The molecule has 5 nitrogen and oxygen atoms in total. The molecule has 5 heteroatoms. The molecule has 106 valence electrons. The number of hydrogen-bond donors (Lipinski definition) is 2. The minimum atomic E-state index is -0.917. The molecule has 2 aliphatic heterocycles. The number of aliphatic carboxylic acids is 1. The molecule has 20 heavy (non-hydrogen) atoms. The third kappa shape index (κ3) is 2.41. The standard InChI is InChI=1S/C15H18N2O3/c18-14(5-10-7-16-8-10)17-9-12-4-2-1-3-11(12)6-13(17)15(19)20/h1-4,10,13,16H,5-9H2,(H,19,20)/t13-/m0/s1. The highest BCUT2D eigenvalue weighted by molar-refractivity contribution is 5.84. The van der Waals surface area contributed by atoms with E-state index < -0.39 is 12.0 Å². The van der Waals surface area contributed by atoms with Crippen LogP contribution in [0.3, 0.4) is 0 Å². The number of carbonyl (C=O) groups excluding carboxylic acids is 1. The zero-order valence-electron chi connectivity index (χ0n) is 11.2. The van der Waals surface area contributed by atoms with Gasteiger partial charge in [0.1, 0.15) is 6.04 Å². The summed E-state index contributed by atoms with van der Waals surface area (Å²) in [6.07, 6.45) is 0.846. The zero-order chi connectivity index (χ0) is 14.1. The van der Waals surface area contributed by atoms with E-state index in [1.54, 1.807) is 0 Å². The Morgan fingerprint density at radius 2 is 1.95 bits per heavy atom. The first kappa shape index (κ1) is 13.1. The molecule has 3 rings (SSSR count). The molecular weight excluding hydrogens is 256 g/mol. The Kier molecular flexibility index (Phi) is 3.44. The first-order chi connectivity index (χ1) is 9.65. The summed E-state index contributed by atoms with van der Waals surface area (Å²) in [5, 5.41) is 12.5. The highest BCUT2D eigenvalue weighted by atomic mass is 16.4. The molecule has 0 saturated carbocycles. The van der Waals surface area contributed by atoms with Crippen LogP contribution in [0.2, 0.25) is 0 Å². The average molecular weight is 274 g/mol. The summed E-state index contributed by atoms with van der Waals surface area (Å²) in [5.41, 5.74) is 2.10. The summed E-state index contributed by atoms with van der Waals surface area (Å²) in [6, 6.07) is 7.03. The molecule has 0 spiro atoms. The molecule has 0 unspecified atom stereocenters. The number of fused-ring (bicyclic) bond motifs is 1. The van der Waals surface area contributed by atoms with Crippen LogP contribution in [-0.4, -0.2) is 41.0 Å². The number of carboxylic acid groups (broad SMARTS) is 1. The summed E-state index contributed by atoms with van der Waals surface area (Å²) < 4.78 is 0. The third-order valence-corrected chi connectivity index (χ3v) is 4.18. The molecule has 1 amide bonds. The van der Waals surface area contributed by atoms with Crippen LogP contribution in [0.1, 0.15) is 17.5 Å². The summed E-state index contributed by atoms with van der Waals surface area (Å²) >= 11 is 0. The average Bonchev–Trinajstić information content (AvgIpc) is 2.41. The van der Waals surface area contributed by atoms with Crippen molar-refractivity contribution in [3.05, 3.63) is 35.4 Å². The maximum atomic E-state index is 12.4. The molecule has 2 aliphatic rings. The lowest BCUT2D eigenvalue weighted by molar-refractivity contribution is -0.152. The van der Waals surface area contributed by atoms with Crippen molar-refractivity contribution < 1.29 is 14.7 Å². The predicted molar refractivity (Wildman–Crippen MR) is 73.1 cm³/mol. The molecular formula is C15H18N2O3. The van der Waals surface area contributed by atoms with Crippen molar-refractivity contribution in [2.24, 2.45) is 5.92 Å². The topological polar surface area (TPSA) is 69.6 Å². The van der Waals surface area contributed by atoms with Crippen LogP contribution < -0.4 is 5.32 Å². The van der Waals surface area contributed by atoms with Crippen LogP contribution in [-0.2, 0) is 22.6 Å². The zero-order valence-corrected chi connectivity index (χ0v) is 11.2. The van der Waals surface area contributed by atoms with Gasteiger partial charge in [0.25, 0.3) is 0 Å². The number of carboxylic acids is 1. The van der Waals surface area contributed by atoms with Gasteiger partial charge in [-0.3, -0.25) is 4.79 Å². The smallest absolute Gasteiger partial charge is 0.326 e. The van der Waals surface area contributed by atoms with Crippen molar-refractivity contribution in [1.82, 2.24) is 10.2 Å². The van der Waals surface area contributed by atoms with Crippen LogP contribution in [0.5, 0.6) is 0 Å². The number of rotatable bonds is 3. The predicted octanol–water partition coefficient (Wildman–Crippen LogP) is 0.634. The second-order valence-corrected chi connectivity index (χ2v) is 5.58. The van der Waals surface area contributed by atoms with E-state index in [2.05, 4.69) is 5.32 Å². The summed E-state index contributed by atoms with van der Waals surface area (Å²) in [7, 11) is 0. The number of benzene rings is 1. The van der Waals surface area contributed by atoms with E-state index in [0.29, 0.717) is 25.3 Å². The first-order valence-electron chi connectivity index (χ1n) is 6.95. The van der Waals surface area contributed by atoms with E-state index >= 15 is 0 Å². The van der Waals surface area contributed by atoms with Gasteiger partial charge in [0.05, 0.1) is 0 Å². The first-order valence-corrected chi connectivity index (χ1v) is 6.95. The van der Waals surface area contributed by atoms with E-state index in [-0.39, 0.29) is 5.91 Å². The second-order valence-electron chi connectivity index (χ2n) is 5.58. The number of nitrogens with zero attached hydrogens (tertiary/aromatic N) is 1. The van der Waals surface area contributed by atoms with Crippen molar-refractivity contribution in [1.29, 1.82) is 0 Å². The van der Waals surface area contributed by atoms with E-state index in [9.17, 15) is 14.7 Å². The van der Waals surface area contributed by atoms with Crippen molar-refractivity contribution in [2.75, 3.05) is 13.1 Å². The van der Waals surface area contributed by atoms with Crippen molar-refractivity contribution in [3.63, 3.8) is 0 Å². The highest BCUT2D eigenvalue weighted by Gasteiger charge is 2.35. The van der Waals surface area contributed by atoms with E-state index in [1.807, 2.05) is 24.3 Å². The molecule has 2 heterocycles. The van der Waals surface area contributed by atoms with Crippen LogP contribution in [0, 0.1) is 5.92 Å². The van der Waals surface area contributed by atoms with E-state index in [0.717, 1.165) is 24.2 Å². The fourth-order valence-corrected chi connectivity index (χ4v) is 2.86. The van der Waals surface area contributed by atoms with Gasteiger partial charge >= 0.3 is 5.97 Å². The minimum Gasteiger partial charge on any atom is -0.480 e. The van der Waals surface area contributed by atoms with Crippen LogP contribution in [0.4, 0.5) is 0 Å². The van der Waals surface area contributed by atoms with Gasteiger partial charge in [0, 0.05) is 19.4 Å². The molecule has 1 aromatic rings. The van der Waals surface area contributed by atoms with Gasteiger partial charge in [-0.15, -0.1) is 0 Å². The quantitative estimate of drug-likeness (QED) is 0.848. The van der Waals surface area contributed by atoms with Gasteiger partial charge in [0.15, 0.2) is 0 Å². The number of carbonyl (C=O) groups is 2. The summed E-state index contributed by atoms with van der Waals surface area (Å²) in [4.78, 5) is 25.3. The van der Waals surface area contributed by atoms with Gasteiger partial charge in [-0.25, -0.2) is 4.79 Å². The number of nitrogens with one attached hydrogen (secondary N) is 1. The van der Waals surface area contributed by atoms with Crippen molar-refractivity contribution in [3.8, 4) is 0 Å². The Labute approximate surface area is 117 Å². The minimum absolute atomic E-state index is 0.0431. The fourth-order valence-electron chi connectivity index (χ4n) is 2.86. The van der Waals surface area contributed by atoms with Crippen LogP contribution in [0.15, 0.2) is 24.3 Å². The lowest BCUT2D eigenvalue weighted by Crippen LogP contribution is -2.51. The largest absolute Gasteiger partial charge is 0.480 e. The van der Waals surface area contributed by atoms with Crippen molar-refractivity contribution >= 4 is 11.9 Å². The van der Waals surface area contributed by atoms with Gasteiger partial charge in [-0.05, 0) is 30.1 Å². The summed E-state index contributed by atoms with van der Waals surface area (Å²) in [6.45, 7) is 2.12. The van der Waals surface area contributed by atoms with Gasteiger partial charge < -0.3 is 15.3 Å². The molecule has 1 saturated heterocycles. The van der Waals surface area contributed by atoms with Crippen molar-refractivity contribution in [2.45, 2.75) is 25.4 Å². The lowest BCUT2D eigenvalue weighted by atomic mass is 9.92. The van der Waals surface area contributed by atoms with Gasteiger partial charge in [0.2, 0.25) is 5.91 Å². The fraction of sp³-hybridized carbons (Fsp3) is 0.467. The normalized spacial score (nSPS) is 22.0. The third-order valence-electron chi connectivity index (χ3n) is 4.18. The Morgan fingerprint density at radius 1 is 1.25 bits per heavy atom.